The van der Waals surface area contributed by atoms with Crippen LogP contribution in [0.15, 0.2) is 85.5 Å². The molecule has 0 saturated heterocycles. The molecule has 178 valence electrons. The minimum atomic E-state index is 0.634. The highest BCUT2D eigenvalue weighted by molar-refractivity contribution is 5.44. The molecular weight excluding hydrogens is 412 g/mol. The second kappa shape index (κ2) is 15.2. The Morgan fingerprint density at radius 1 is 0.794 bits per heavy atom. The summed E-state index contributed by atoms with van der Waals surface area (Å²) in [4.78, 5) is 0. The molecule has 2 aromatic rings. The van der Waals surface area contributed by atoms with E-state index in [1.165, 1.54) is 49.7 Å². The molecule has 0 unspecified atom stereocenters. The van der Waals surface area contributed by atoms with Crippen molar-refractivity contribution in [3.05, 3.63) is 108 Å². The first-order chi connectivity index (χ1) is 16.8. The monoisotopic (exact) mass is 452 g/mol. The van der Waals surface area contributed by atoms with Gasteiger partial charge >= 0.3 is 0 Å². The lowest BCUT2D eigenvalue weighted by Gasteiger charge is -2.27. The molecular formula is C33H40O. The Morgan fingerprint density at radius 3 is 1.91 bits per heavy atom. The third-order valence-electron chi connectivity index (χ3n) is 6.66. The van der Waals surface area contributed by atoms with Gasteiger partial charge in [-0.3, -0.25) is 0 Å². The molecule has 0 heterocycles. The second-order valence-corrected chi connectivity index (χ2v) is 9.38. The van der Waals surface area contributed by atoms with Crippen molar-refractivity contribution in [3.63, 3.8) is 0 Å². The van der Waals surface area contributed by atoms with Crippen LogP contribution in [-0.4, -0.2) is 6.61 Å². The largest absolute Gasteiger partial charge is 0.376 e. The van der Waals surface area contributed by atoms with Crippen molar-refractivity contribution in [1.29, 1.82) is 0 Å². The molecule has 1 fully saturated rings. The van der Waals surface area contributed by atoms with E-state index in [0.29, 0.717) is 6.61 Å². The number of ether oxygens (including phenoxy) is 1. The molecule has 34 heavy (non-hydrogen) atoms. The molecule has 3 rings (SSSR count). The molecule has 0 spiro atoms. The fourth-order valence-electron chi connectivity index (χ4n) is 4.45. The summed E-state index contributed by atoms with van der Waals surface area (Å²) in [6.07, 6.45) is 21.1. The molecule has 1 heteroatoms. The highest BCUT2D eigenvalue weighted by Crippen LogP contribution is 2.33. The molecule has 1 saturated carbocycles. The number of rotatable bonds is 11. The maximum atomic E-state index is 5.61. The van der Waals surface area contributed by atoms with Gasteiger partial charge in [0, 0.05) is 11.1 Å². The van der Waals surface area contributed by atoms with Crippen LogP contribution in [0.4, 0.5) is 0 Å². The molecule has 0 bridgehead atoms. The van der Waals surface area contributed by atoms with E-state index in [1.54, 1.807) is 0 Å². The maximum absolute atomic E-state index is 5.61. The van der Waals surface area contributed by atoms with E-state index in [9.17, 15) is 0 Å². The van der Waals surface area contributed by atoms with Crippen molar-refractivity contribution in [2.75, 3.05) is 6.61 Å². The van der Waals surface area contributed by atoms with Crippen LogP contribution in [0.3, 0.4) is 0 Å². The average molecular weight is 453 g/mol. The Hall–Kier alpha value is -2.82. The summed E-state index contributed by atoms with van der Waals surface area (Å²) in [5, 5.41) is 0. The lowest BCUT2D eigenvalue weighted by Crippen LogP contribution is -2.13. The van der Waals surface area contributed by atoms with Gasteiger partial charge in [0.2, 0.25) is 0 Å². The Morgan fingerprint density at radius 2 is 1.35 bits per heavy atom. The number of allylic oxidation sites excluding steroid dienone is 4. The molecule has 0 aromatic heterocycles. The van der Waals surface area contributed by atoms with Crippen molar-refractivity contribution in [2.45, 2.75) is 64.9 Å². The molecule has 0 aliphatic heterocycles. The van der Waals surface area contributed by atoms with Gasteiger partial charge in [0.1, 0.15) is 0 Å². The minimum Gasteiger partial charge on any atom is -0.376 e. The number of hydrogen-bond donors (Lipinski definition) is 0. The lowest BCUT2D eigenvalue weighted by atomic mass is 9.79. The Labute approximate surface area is 207 Å². The molecule has 1 aliphatic carbocycles. The van der Waals surface area contributed by atoms with Crippen LogP contribution in [0.2, 0.25) is 0 Å². The van der Waals surface area contributed by atoms with Gasteiger partial charge in [0.25, 0.3) is 0 Å². The lowest BCUT2D eigenvalue weighted by molar-refractivity contribution is 0.125. The molecule has 0 amide bonds. The summed E-state index contributed by atoms with van der Waals surface area (Å²) in [6, 6.07) is 17.0. The first-order valence-electron chi connectivity index (χ1n) is 12.9. The third-order valence-corrected chi connectivity index (χ3v) is 6.66. The zero-order chi connectivity index (χ0) is 23.8. The standard InChI is InChI=1S/C33H40O/c1-3-5-9-28-12-14-29(15-13-28)10-7-8-11-30-16-18-31(19-17-30)20-21-32-22-24-33(25-23-32)27-34-26-6-4-2/h3-5,7-8,16-19,22-25,28-29H,2,6,9-15,26-27H2,1H3/b5-3+,8-7+/t28-,29-. The Kier molecular flexibility index (Phi) is 11.5. The van der Waals surface area contributed by atoms with Crippen LogP contribution in [0.5, 0.6) is 0 Å². The van der Waals surface area contributed by atoms with E-state index in [4.69, 9.17) is 4.74 Å². The van der Waals surface area contributed by atoms with Gasteiger partial charge in [-0.15, -0.1) is 6.58 Å². The summed E-state index contributed by atoms with van der Waals surface area (Å²) in [5.74, 6) is 8.35. The number of hydrogen-bond acceptors (Lipinski definition) is 1. The van der Waals surface area contributed by atoms with E-state index in [2.05, 4.69) is 98.2 Å². The highest BCUT2D eigenvalue weighted by Gasteiger charge is 2.19. The van der Waals surface area contributed by atoms with Crippen molar-refractivity contribution < 1.29 is 4.74 Å². The van der Waals surface area contributed by atoms with Gasteiger partial charge in [0.05, 0.1) is 13.2 Å². The molecule has 1 aliphatic rings. The Balaban J connectivity index is 1.38. The molecule has 2 aromatic carbocycles. The quantitative estimate of drug-likeness (QED) is 0.189. The fraction of sp³-hybridized carbons (Fsp3) is 0.394. The predicted molar refractivity (Wildman–Crippen MR) is 146 cm³/mol. The van der Waals surface area contributed by atoms with E-state index in [1.807, 2.05) is 6.08 Å². The summed E-state index contributed by atoms with van der Waals surface area (Å²) >= 11 is 0. The second-order valence-electron chi connectivity index (χ2n) is 9.38. The van der Waals surface area contributed by atoms with Crippen molar-refractivity contribution in [3.8, 4) is 11.8 Å². The summed E-state index contributed by atoms with van der Waals surface area (Å²) in [7, 11) is 0. The summed E-state index contributed by atoms with van der Waals surface area (Å²) in [6.45, 7) is 7.19. The predicted octanol–water partition coefficient (Wildman–Crippen LogP) is 8.44. The summed E-state index contributed by atoms with van der Waals surface area (Å²) < 4.78 is 5.61. The summed E-state index contributed by atoms with van der Waals surface area (Å²) in [5.41, 5.74) is 4.60. The first kappa shape index (κ1) is 25.8. The van der Waals surface area contributed by atoms with Crippen LogP contribution in [-0.2, 0) is 17.8 Å². The zero-order valence-corrected chi connectivity index (χ0v) is 20.8. The number of benzene rings is 2. The normalized spacial score (nSPS) is 18.1. The van der Waals surface area contributed by atoms with Crippen LogP contribution in [0.25, 0.3) is 0 Å². The van der Waals surface area contributed by atoms with Crippen LogP contribution < -0.4 is 0 Å². The molecule has 0 atom stereocenters. The van der Waals surface area contributed by atoms with Gasteiger partial charge in [-0.1, -0.05) is 66.5 Å². The Bertz CT molecular complexity index is 958. The maximum Gasteiger partial charge on any atom is 0.0717 e. The van der Waals surface area contributed by atoms with Gasteiger partial charge < -0.3 is 4.74 Å². The molecule has 0 N–H and O–H groups in total. The van der Waals surface area contributed by atoms with Crippen molar-refractivity contribution in [2.24, 2.45) is 11.8 Å². The minimum absolute atomic E-state index is 0.634. The average Bonchev–Trinajstić information content (AvgIpc) is 2.89. The van der Waals surface area contributed by atoms with Gasteiger partial charge in [-0.2, -0.15) is 0 Å². The van der Waals surface area contributed by atoms with E-state index >= 15 is 0 Å². The van der Waals surface area contributed by atoms with E-state index < -0.39 is 0 Å². The van der Waals surface area contributed by atoms with Gasteiger partial charge in [-0.25, -0.2) is 0 Å². The fourth-order valence-corrected chi connectivity index (χ4v) is 4.45. The third kappa shape index (κ3) is 9.58. The smallest absolute Gasteiger partial charge is 0.0717 e. The highest BCUT2D eigenvalue weighted by atomic mass is 16.5. The topological polar surface area (TPSA) is 9.23 Å². The van der Waals surface area contributed by atoms with E-state index in [-0.39, 0.29) is 0 Å². The van der Waals surface area contributed by atoms with Crippen molar-refractivity contribution >= 4 is 0 Å². The molecule has 1 nitrogen and oxygen atoms in total. The van der Waals surface area contributed by atoms with Crippen molar-refractivity contribution in [1.82, 2.24) is 0 Å². The van der Waals surface area contributed by atoms with Gasteiger partial charge in [0.15, 0.2) is 0 Å². The molecule has 0 radical (unpaired) electrons. The van der Waals surface area contributed by atoms with Gasteiger partial charge in [-0.05, 0) is 106 Å². The van der Waals surface area contributed by atoms with E-state index in [0.717, 1.165) is 42.4 Å². The van der Waals surface area contributed by atoms with Crippen LogP contribution >= 0.6 is 0 Å². The zero-order valence-electron chi connectivity index (χ0n) is 20.8. The van der Waals surface area contributed by atoms with Crippen LogP contribution in [0, 0.1) is 23.7 Å². The first-order valence-corrected chi connectivity index (χ1v) is 12.9. The van der Waals surface area contributed by atoms with Crippen LogP contribution in [0.1, 0.15) is 74.1 Å². The SMILES string of the molecule is C=CCCOCc1ccc(C#Cc2ccc(C/C=C/C[C@H]3CC[C@H](C/C=C/C)CC3)cc2)cc1.